The number of ether oxygens (including phenoxy) is 2. The quantitative estimate of drug-likeness (QED) is 0.785. The summed E-state index contributed by atoms with van der Waals surface area (Å²) in [7, 11) is 3.17. The molecule has 0 aliphatic rings. The number of halogens is 2. The van der Waals surface area contributed by atoms with E-state index in [1.54, 1.807) is 20.3 Å². The zero-order chi connectivity index (χ0) is 14.7. The van der Waals surface area contributed by atoms with Crippen LogP contribution in [0.5, 0.6) is 11.5 Å². The first kappa shape index (κ1) is 15.4. The largest absolute Gasteiger partial charge is 0.493 e. The van der Waals surface area contributed by atoms with Gasteiger partial charge in [-0.3, -0.25) is 0 Å². The minimum absolute atomic E-state index is 0.310. The average molecular weight is 404 g/mol. The molecule has 1 unspecified atom stereocenters. The van der Waals surface area contributed by atoms with Crippen LogP contribution in [-0.4, -0.2) is 14.2 Å². The lowest BCUT2D eigenvalue weighted by molar-refractivity contribution is 0.354. The Labute approximate surface area is 137 Å². The Bertz CT molecular complexity index is 619. The van der Waals surface area contributed by atoms with Crippen LogP contribution in [0.4, 0.5) is 0 Å². The van der Waals surface area contributed by atoms with Crippen LogP contribution >= 0.6 is 34.2 Å². The fraction of sp³-hybridized carbons (Fsp3) is 0.200. The van der Waals surface area contributed by atoms with Crippen LogP contribution in [0.1, 0.15) is 17.2 Å². The number of methoxy groups -OCH3 is 2. The van der Waals surface area contributed by atoms with Gasteiger partial charge in [0.25, 0.3) is 0 Å². The van der Waals surface area contributed by atoms with Gasteiger partial charge in [0.15, 0.2) is 11.5 Å². The first-order valence-corrected chi connectivity index (χ1v) is 7.45. The van der Waals surface area contributed by atoms with Gasteiger partial charge in [0, 0.05) is 14.7 Å². The van der Waals surface area contributed by atoms with E-state index in [1.165, 1.54) is 0 Å². The van der Waals surface area contributed by atoms with Gasteiger partial charge in [-0.05, 0) is 45.9 Å². The molecule has 2 rings (SSSR count). The molecule has 0 aliphatic carbocycles. The predicted octanol–water partition coefficient (Wildman–Crippen LogP) is 4.01. The molecule has 0 saturated carbocycles. The lowest BCUT2D eigenvalue weighted by Gasteiger charge is -2.18. The number of hydrogen-bond acceptors (Lipinski definition) is 3. The second-order valence-electron chi connectivity index (χ2n) is 4.23. The second-order valence-corrected chi connectivity index (χ2v) is 5.80. The van der Waals surface area contributed by atoms with Crippen molar-refractivity contribution in [3.05, 3.63) is 56.1 Å². The average Bonchev–Trinajstić information content (AvgIpc) is 2.46. The first-order chi connectivity index (χ1) is 9.58. The van der Waals surface area contributed by atoms with Crippen molar-refractivity contribution in [1.29, 1.82) is 0 Å². The lowest BCUT2D eigenvalue weighted by Crippen LogP contribution is -2.14. The minimum atomic E-state index is -0.310. The SMILES string of the molecule is COc1cc(Cl)c(C(N)c2ccccc2I)cc1OC. The lowest BCUT2D eigenvalue weighted by atomic mass is 9.99. The van der Waals surface area contributed by atoms with Gasteiger partial charge >= 0.3 is 0 Å². The van der Waals surface area contributed by atoms with Crippen molar-refractivity contribution in [3.63, 3.8) is 0 Å². The highest BCUT2D eigenvalue weighted by atomic mass is 127. The molecule has 0 saturated heterocycles. The Kier molecular flexibility index (Phi) is 5.12. The molecule has 0 aliphatic heterocycles. The van der Waals surface area contributed by atoms with Crippen LogP contribution in [0.15, 0.2) is 36.4 Å². The molecular weight excluding hydrogens is 389 g/mol. The standard InChI is InChI=1S/C15H15ClINO2/c1-19-13-7-10(11(16)8-14(13)20-2)15(18)9-5-3-4-6-12(9)17/h3-8,15H,18H2,1-2H3. The zero-order valence-electron chi connectivity index (χ0n) is 11.2. The fourth-order valence-corrected chi connectivity index (χ4v) is 3.00. The molecule has 2 N–H and O–H groups in total. The fourth-order valence-electron chi connectivity index (χ4n) is 2.00. The summed E-state index contributed by atoms with van der Waals surface area (Å²) in [6, 6.07) is 11.2. The number of hydrogen-bond donors (Lipinski definition) is 1. The summed E-state index contributed by atoms with van der Waals surface area (Å²) in [5.41, 5.74) is 8.19. The highest BCUT2D eigenvalue weighted by molar-refractivity contribution is 14.1. The number of nitrogens with two attached hydrogens (primary N) is 1. The van der Waals surface area contributed by atoms with Gasteiger partial charge < -0.3 is 15.2 Å². The van der Waals surface area contributed by atoms with Crippen LogP contribution < -0.4 is 15.2 Å². The van der Waals surface area contributed by atoms with E-state index >= 15 is 0 Å². The van der Waals surface area contributed by atoms with Crippen molar-refractivity contribution in [1.82, 2.24) is 0 Å². The third kappa shape index (κ3) is 3.02. The van der Waals surface area contributed by atoms with Crippen LogP contribution in [0.25, 0.3) is 0 Å². The topological polar surface area (TPSA) is 44.5 Å². The van der Waals surface area contributed by atoms with Gasteiger partial charge in [0.05, 0.1) is 20.3 Å². The Hall–Kier alpha value is -0.980. The molecule has 5 heteroatoms. The summed E-state index contributed by atoms with van der Waals surface area (Å²) in [5, 5.41) is 0.565. The van der Waals surface area contributed by atoms with Crippen molar-refractivity contribution in [3.8, 4) is 11.5 Å². The third-order valence-corrected chi connectivity index (χ3v) is 4.39. The molecule has 0 fully saturated rings. The molecule has 0 spiro atoms. The highest BCUT2D eigenvalue weighted by Crippen LogP contribution is 2.37. The molecule has 0 aromatic heterocycles. The molecule has 0 radical (unpaired) electrons. The molecule has 2 aromatic rings. The van der Waals surface area contributed by atoms with Gasteiger partial charge in [-0.25, -0.2) is 0 Å². The van der Waals surface area contributed by atoms with Gasteiger partial charge in [-0.15, -0.1) is 0 Å². The summed E-state index contributed by atoms with van der Waals surface area (Å²) in [6.07, 6.45) is 0. The molecule has 2 aromatic carbocycles. The maximum Gasteiger partial charge on any atom is 0.162 e. The van der Waals surface area contributed by atoms with E-state index in [0.29, 0.717) is 16.5 Å². The Morgan fingerprint density at radius 1 is 1.05 bits per heavy atom. The molecule has 3 nitrogen and oxygen atoms in total. The monoisotopic (exact) mass is 403 g/mol. The highest BCUT2D eigenvalue weighted by Gasteiger charge is 2.18. The van der Waals surface area contributed by atoms with Gasteiger partial charge in [-0.1, -0.05) is 29.8 Å². The van der Waals surface area contributed by atoms with Gasteiger partial charge in [0.1, 0.15) is 0 Å². The Balaban J connectivity index is 2.50. The molecule has 0 amide bonds. The maximum absolute atomic E-state index is 6.35. The van der Waals surface area contributed by atoms with Crippen molar-refractivity contribution in [2.75, 3.05) is 14.2 Å². The van der Waals surface area contributed by atoms with E-state index in [9.17, 15) is 0 Å². The smallest absolute Gasteiger partial charge is 0.162 e. The van der Waals surface area contributed by atoms with Gasteiger partial charge in [0.2, 0.25) is 0 Å². The summed E-state index contributed by atoms with van der Waals surface area (Å²) in [5.74, 6) is 1.21. The summed E-state index contributed by atoms with van der Waals surface area (Å²) >= 11 is 8.58. The summed E-state index contributed by atoms with van der Waals surface area (Å²) < 4.78 is 11.6. The van der Waals surface area contributed by atoms with E-state index in [2.05, 4.69) is 22.6 Å². The van der Waals surface area contributed by atoms with Crippen LogP contribution in [0.3, 0.4) is 0 Å². The van der Waals surface area contributed by atoms with Crippen LogP contribution in [0.2, 0.25) is 5.02 Å². The normalized spacial score (nSPS) is 12.1. The predicted molar refractivity (Wildman–Crippen MR) is 89.7 cm³/mol. The van der Waals surface area contributed by atoms with E-state index in [0.717, 1.165) is 14.7 Å². The maximum atomic E-state index is 6.35. The van der Waals surface area contributed by atoms with E-state index in [1.807, 2.05) is 30.3 Å². The first-order valence-electron chi connectivity index (χ1n) is 6.00. The van der Waals surface area contributed by atoms with E-state index in [4.69, 9.17) is 26.8 Å². The molecule has 106 valence electrons. The van der Waals surface area contributed by atoms with Crippen LogP contribution in [0, 0.1) is 3.57 Å². The molecule has 1 atom stereocenters. The molecule has 20 heavy (non-hydrogen) atoms. The van der Waals surface area contributed by atoms with E-state index in [-0.39, 0.29) is 6.04 Å². The van der Waals surface area contributed by atoms with Gasteiger partial charge in [-0.2, -0.15) is 0 Å². The minimum Gasteiger partial charge on any atom is -0.493 e. The number of rotatable bonds is 4. The summed E-state index contributed by atoms with van der Waals surface area (Å²) in [4.78, 5) is 0. The van der Waals surface area contributed by atoms with Crippen LogP contribution in [-0.2, 0) is 0 Å². The summed E-state index contributed by atoms with van der Waals surface area (Å²) in [6.45, 7) is 0. The van der Waals surface area contributed by atoms with Crippen molar-refractivity contribution in [2.24, 2.45) is 5.73 Å². The molecule has 0 bridgehead atoms. The Morgan fingerprint density at radius 2 is 1.65 bits per heavy atom. The second kappa shape index (κ2) is 6.65. The third-order valence-electron chi connectivity index (χ3n) is 3.08. The molecule has 0 heterocycles. The molecular formula is C15H15ClINO2. The zero-order valence-corrected chi connectivity index (χ0v) is 14.1. The Morgan fingerprint density at radius 3 is 2.25 bits per heavy atom. The van der Waals surface area contributed by atoms with Crippen molar-refractivity contribution < 1.29 is 9.47 Å². The van der Waals surface area contributed by atoms with Crippen molar-refractivity contribution in [2.45, 2.75) is 6.04 Å². The van der Waals surface area contributed by atoms with Crippen molar-refractivity contribution >= 4 is 34.2 Å². The van der Waals surface area contributed by atoms with E-state index < -0.39 is 0 Å². The number of benzene rings is 2.